The van der Waals surface area contributed by atoms with Crippen LogP contribution in [0.25, 0.3) is 10.9 Å². The summed E-state index contributed by atoms with van der Waals surface area (Å²) in [6, 6.07) is 1.77. The average molecular weight is 308 g/mol. The molecule has 0 aromatic carbocycles. The van der Waals surface area contributed by atoms with Crippen molar-refractivity contribution in [2.24, 2.45) is 0 Å². The highest BCUT2D eigenvalue weighted by atomic mass is 127. The van der Waals surface area contributed by atoms with Crippen molar-refractivity contribution >= 4 is 41.2 Å². The first kappa shape index (κ1) is 9.26. The van der Waals surface area contributed by atoms with E-state index in [1.165, 1.54) is 9.12 Å². The van der Waals surface area contributed by atoms with E-state index in [9.17, 15) is 4.39 Å². The van der Waals surface area contributed by atoms with Crippen LogP contribution in [0.3, 0.4) is 0 Å². The van der Waals surface area contributed by atoms with E-state index in [1.807, 2.05) is 10.2 Å². The van der Waals surface area contributed by atoms with E-state index in [1.54, 1.807) is 19.2 Å². The van der Waals surface area contributed by atoms with E-state index in [0.29, 0.717) is 11.1 Å². The van der Waals surface area contributed by atoms with Crippen molar-refractivity contribution in [3.05, 3.63) is 30.0 Å². The molecule has 2 aromatic rings. The molecule has 0 saturated heterocycles. The zero-order valence-corrected chi connectivity index (χ0v) is 9.76. The number of nitrogens with zero attached hydrogens (tertiary/aromatic N) is 2. The number of rotatable bonds is 1. The minimum absolute atomic E-state index is 0.221. The molecule has 0 aliphatic heterocycles. The van der Waals surface area contributed by atoms with Crippen molar-refractivity contribution in [1.82, 2.24) is 8.96 Å². The van der Waals surface area contributed by atoms with E-state index < -0.39 is 0 Å². The fraction of sp³-hybridized carbons (Fsp3) is 0.125. The third kappa shape index (κ3) is 1.43. The zero-order valence-electron chi connectivity index (χ0n) is 6.79. The lowest BCUT2D eigenvalue weighted by Gasteiger charge is -1.99. The summed E-state index contributed by atoms with van der Waals surface area (Å²) in [6.07, 6.45) is 3.53. The van der Waals surface area contributed by atoms with Crippen LogP contribution in [0, 0.1) is 12.7 Å². The van der Waals surface area contributed by atoms with Gasteiger partial charge in [0, 0.05) is 41.9 Å². The number of pyridine rings is 1. The number of aromatic nitrogens is 2. The Labute approximate surface area is 91.2 Å². The van der Waals surface area contributed by atoms with Gasteiger partial charge in [-0.15, -0.1) is 0 Å². The maximum Gasteiger partial charge on any atom is 0.153 e. The van der Waals surface area contributed by atoms with Crippen LogP contribution in [-0.2, 0) is 0 Å². The van der Waals surface area contributed by atoms with Gasteiger partial charge in [-0.2, -0.15) is 0 Å². The first-order chi connectivity index (χ1) is 6.24. The molecule has 0 bridgehead atoms. The Bertz CT molecular complexity index is 455. The molecule has 68 valence electrons. The van der Waals surface area contributed by atoms with Gasteiger partial charge in [0.15, 0.2) is 5.82 Å². The maximum atomic E-state index is 13.5. The second-order valence-corrected chi connectivity index (χ2v) is 4.38. The fourth-order valence-electron chi connectivity index (χ4n) is 1.21. The molecule has 0 aliphatic carbocycles. The third-order valence-electron chi connectivity index (χ3n) is 1.90. The molecule has 0 saturated carbocycles. The Hall–Kier alpha value is -0.300. The normalized spacial score (nSPS) is 11.0. The largest absolute Gasteiger partial charge is 0.281 e. The molecule has 5 heteroatoms. The molecule has 13 heavy (non-hydrogen) atoms. The van der Waals surface area contributed by atoms with Crippen LogP contribution in [0.4, 0.5) is 4.39 Å². The highest BCUT2D eigenvalue weighted by molar-refractivity contribution is 14.2. The molecule has 0 atom stereocenters. The molecular formula is C8H6FIN2S. The second-order valence-electron chi connectivity index (χ2n) is 2.67. The van der Waals surface area contributed by atoms with E-state index in [-0.39, 0.29) is 5.82 Å². The molecule has 2 nitrogen and oxygen atoms in total. The fourth-order valence-corrected chi connectivity index (χ4v) is 2.57. The predicted molar refractivity (Wildman–Crippen MR) is 61.4 cm³/mol. The van der Waals surface area contributed by atoms with E-state index >= 15 is 0 Å². The van der Waals surface area contributed by atoms with Crippen molar-refractivity contribution in [3.63, 3.8) is 0 Å². The van der Waals surface area contributed by atoms with Gasteiger partial charge in [-0.1, -0.05) is 0 Å². The predicted octanol–water partition coefficient (Wildman–Crippen LogP) is 3.33. The lowest BCUT2D eigenvalue weighted by atomic mass is 10.2. The summed E-state index contributed by atoms with van der Waals surface area (Å²) < 4.78 is 15.3. The van der Waals surface area contributed by atoms with Gasteiger partial charge >= 0.3 is 0 Å². The number of hydrogen-bond acceptors (Lipinski definition) is 2. The quantitative estimate of drug-likeness (QED) is 0.752. The number of fused-ring (bicyclic) bond motifs is 1. The first-order valence-corrected chi connectivity index (χ1v) is 6.97. The van der Waals surface area contributed by atoms with Gasteiger partial charge in [0.05, 0.1) is 17.4 Å². The molecule has 0 unspecified atom stereocenters. The van der Waals surface area contributed by atoms with Crippen LogP contribution < -0.4 is 0 Å². The van der Waals surface area contributed by atoms with Gasteiger partial charge in [0.25, 0.3) is 0 Å². The molecule has 0 aliphatic rings. The minimum Gasteiger partial charge on any atom is -0.281 e. The Morgan fingerprint density at radius 2 is 2.38 bits per heavy atom. The van der Waals surface area contributed by atoms with Crippen molar-refractivity contribution < 1.29 is 4.39 Å². The van der Waals surface area contributed by atoms with Crippen LogP contribution >= 0.6 is 30.3 Å². The Kier molecular flexibility index (Phi) is 2.46. The van der Waals surface area contributed by atoms with Crippen LogP contribution in [0.5, 0.6) is 0 Å². The summed E-state index contributed by atoms with van der Waals surface area (Å²) in [7, 11) is 1.50. The second kappa shape index (κ2) is 3.45. The summed E-state index contributed by atoms with van der Waals surface area (Å²) >= 11 is 2.15. The first-order valence-electron chi connectivity index (χ1n) is 3.65. The summed E-state index contributed by atoms with van der Waals surface area (Å²) in [5.74, 6) is -0.221. The van der Waals surface area contributed by atoms with Crippen molar-refractivity contribution in [3.8, 4) is 0 Å². The summed E-state index contributed by atoms with van der Waals surface area (Å²) in [5, 5.41) is 0.636. The molecule has 0 N–H and O–H groups in total. The SMILES string of the molecule is Cc1ncc2c(ccn2SI)c1F. The smallest absolute Gasteiger partial charge is 0.153 e. The molecular weight excluding hydrogens is 302 g/mol. The lowest BCUT2D eigenvalue weighted by molar-refractivity contribution is 0.622. The lowest BCUT2D eigenvalue weighted by Crippen LogP contribution is -1.89. The molecule has 0 spiro atoms. The molecule has 0 fully saturated rings. The van der Waals surface area contributed by atoms with Gasteiger partial charge < -0.3 is 0 Å². The number of aryl methyl sites for hydroxylation is 1. The van der Waals surface area contributed by atoms with Gasteiger partial charge in [0.1, 0.15) is 0 Å². The Morgan fingerprint density at radius 3 is 3.08 bits per heavy atom. The van der Waals surface area contributed by atoms with Gasteiger partial charge in [-0.25, -0.2) is 4.39 Å². The van der Waals surface area contributed by atoms with E-state index in [0.717, 1.165) is 5.52 Å². The van der Waals surface area contributed by atoms with Crippen LogP contribution in [0.15, 0.2) is 18.5 Å². The standard InChI is InChI=1S/C8H6FIN2S/c1-5-8(9)6-2-3-12(13-10)7(6)4-11-5/h2-4H,1H3. The van der Waals surface area contributed by atoms with Crippen LogP contribution in [-0.4, -0.2) is 8.96 Å². The van der Waals surface area contributed by atoms with Gasteiger partial charge in [0.2, 0.25) is 0 Å². The van der Waals surface area contributed by atoms with Gasteiger partial charge in [-0.3, -0.25) is 8.96 Å². The minimum atomic E-state index is -0.221. The summed E-state index contributed by atoms with van der Waals surface area (Å²) in [6.45, 7) is 1.67. The van der Waals surface area contributed by atoms with Gasteiger partial charge in [-0.05, 0) is 13.0 Å². The zero-order chi connectivity index (χ0) is 9.42. The molecule has 2 rings (SSSR count). The molecule has 2 aromatic heterocycles. The Morgan fingerprint density at radius 1 is 1.62 bits per heavy atom. The molecule has 0 radical (unpaired) electrons. The number of hydrogen-bond donors (Lipinski definition) is 0. The maximum absolute atomic E-state index is 13.5. The van der Waals surface area contributed by atoms with E-state index in [2.05, 4.69) is 26.2 Å². The highest BCUT2D eigenvalue weighted by Crippen LogP contribution is 2.26. The average Bonchev–Trinajstić information content (AvgIpc) is 2.55. The van der Waals surface area contributed by atoms with Crippen molar-refractivity contribution in [2.45, 2.75) is 6.92 Å². The van der Waals surface area contributed by atoms with Crippen molar-refractivity contribution in [2.75, 3.05) is 0 Å². The molecule has 2 heterocycles. The Balaban J connectivity index is 2.81. The number of halogens is 2. The monoisotopic (exact) mass is 308 g/mol. The van der Waals surface area contributed by atoms with Crippen molar-refractivity contribution in [1.29, 1.82) is 0 Å². The summed E-state index contributed by atoms with van der Waals surface area (Å²) in [5.41, 5.74) is 1.27. The van der Waals surface area contributed by atoms with Crippen LogP contribution in [0.2, 0.25) is 0 Å². The highest BCUT2D eigenvalue weighted by Gasteiger charge is 2.08. The van der Waals surface area contributed by atoms with E-state index in [4.69, 9.17) is 0 Å². The summed E-state index contributed by atoms with van der Waals surface area (Å²) in [4.78, 5) is 3.98. The third-order valence-corrected chi connectivity index (χ3v) is 3.64. The van der Waals surface area contributed by atoms with Crippen LogP contribution in [0.1, 0.15) is 5.69 Å². The molecule has 0 amide bonds. The topological polar surface area (TPSA) is 17.8 Å².